The lowest BCUT2D eigenvalue weighted by Crippen LogP contribution is -2.29. The second-order valence-corrected chi connectivity index (χ2v) is 7.81. The quantitative estimate of drug-likeness (QED) is 0.796. The first-order valence-electron chi connectivity index (χ1n) is 6.61. The number of nitrogens with one attached hydrogen (secondary N) is 1. The minimum atomic E-state index is -2.89. The van der Waals surface area contributed by atoms with E-state index in [1.807, 2.05) is 43.3 Å². The van der Waals surface area contributed by atoms with Gasteiger partial charge in [0.2, 0.25) is 0 Å². The highest BCUT2D eigenvalue weighted by molar-refractivity contribution is 7.90. The van der Waals surface area contributed by atoms with E-state index in [1.54, 1.807) is 0 Å². The SMILES string of the molecule is CNC(CCN(C)CCS(C)(=O)=O)c1ccc(Cl)cc1. The van der Waals surface area contributed by atoms with Gasteiger partial charge in [-0.3, -0.25) is 0 Å². The van der Waals surface area contributed by atoms with Gasteiger partial charge in [-0.25, -0.2) is 8.42 Å². The number of hydrogen-bond acceptors (Lipinski definition) is 4. The van der Waals surface area contributed by atoms with Crippen molar-refractivity contribution in [2.24, 2.45) is 0 Å². The van der Waals surface area contributed by atoms with Crippen molar-refractivity contribution >= 4 is 21.4 Å². The van der Waals surface area contributed by atoms with E-state index in [2.05, 4.69) is 5.32 Å². The number of nitrogens with zero attached hydrogens (tertiary/aromatic N) is 1. The van der Waals surface area contributed by atoms with Crippen molar-refractivity contribution < 1.29 is 8.42 Å². The molecule has 114 valence electrons. The van der Waals surface area contributed by atoms with Crippen LogP contribution in [0.4, 0.5) is 0 Å². The predicted molar refractivity (Wildman–Crippen MR) is 85.1 cm³/mol. The summed E-state index contributed by atoms with van der Waals surface area (Å²) in [4.78, 5) is 2.04. The summed E-state index contributed by atoms with van der Waals surface area (Å²) in [6.07, 6.45) is 2.18. The molecule has 1 N–H and O–H groups in total. The normalized spacial score (nSPS) is 13.7. The van der Waals surface area contributed by atoms with Crippen molar-refractivity contribution in [2.45, 2.75) is 12.5 Å². The van der Waals surface area contributed by atoms with Crippen LogP contribution in [0.2, 0.25) is 5.02 Å². The molecule has 4 nitrogen and oxygen atoms in total. The van der Waals surface area contributed by atoms with E-state index in [0.717, 1.165) is 18.0 Å². The van der Waals surface area contributed by atoms with Crippen molar-refractivity contribution in [3.63, 3.8) is 0 Å². The second kappa shape index (κ2) is 7.98. The van der Waals surface area contributed by atoms with Gasteiger partial charge < -0.3 is 10.2 Å². The first-order chi connectivity index (χ1) is 9.31. The van der Waals surface area contributed by atoms with Gasteiger partial charge in [0.05, 0.1) is 5.75 Å². The third-order valence-electron chi connectivity index (χ3n) is 3.26. The Labute approximate surface area is 127 Å². The Morgan fingerprint density at radius 3 is 2.35 bits per heavy atom. The topological polar surface area (TPSA) is 49.4 Å². The van der Waals surface area contributed by atoms with Gasteiger partial charge in [-0.15, -0.1) is 0 Å². The van der Waals surface area contributed by atoms with E-state index in [9.17, 15) is 8.42 Å². The maximum atomic E-state index is 11.1. The van der Waals surface area contributed by atoms with Gasteiger partial charge >= 0.3 is 0 Å². The molecular formula is C14H23ClN2O2S. The Balaban J connectivity index is 2.47. The third-order valence-corrected chi connectivity index (χ3v) is 4.44. The van der Waals surface area contributed by atoms with Crippen LogP contribution in [0.3, 0.4) is 0 Å². The van der Waals surface area contributed by atoms with Crippen LogP contribution < -0.4 is 5.32 Å². The first kappa shape index (κ1) is 17.4. The smallest absolute Gasteiger partial charge is 0.148 e. The van der Waals surface area contributed by atoms with Crippen LogP contribution in [0.15, 0.2) is 24.3 Å². The van der Waals surface area contributed by atoms with Gasteiger partial charge in [-0.2, -0.15) is 0 Å². The zero-order chi connectivity index (χ0) is 15.2. The lowest BCUT2D eigenvalue weighted by molar-refractivity contribution is 0.326. The average molecular weight is 319 g/mol. The molecule has 1 aromatic rings. The van der Waals surface area contributed by atoms with Gasteiger partial charge in [0.1, 0.15) is 9.84 Å². The standard InChI is InChI=1S/C14H23ClN2O2S/c1-16-14(12-4-6-13(15)7-5-12)8-9-17(2)10-11-20(3,18)19/h4-7,14,16H,8-11H2,1-3H3. The Kier molecular flexibility index (Phi) is 6.95. The lowest BCUT2D eigenvalue weighted by atomic mass is 10.0. The summed E-state index contributed by atoms with van der Waals surface area (Å²) >= 11 is 5.89. The predicted octanol–water partition coefficient (Wildman–Crippen LogP) is 1.97. The van der Waals surface area contributed by atoms with Crippen LogP contribution in [-0.4, -0.2) is 52.5 Å². The van der Waals surface area contributed by atoms with E-state index >= 15 is 0 Å². The van der Waals surface area contributed by atoms with Crippen molar-refractivity contribution in [3.05, 3.63) is 34.9 Å². The van der Waals surface area contributed by atoms with Crippen molar-refractivity contribution in [2.75, 3.05) is 39.2 Å². The Hall–Kier alpha value is -0.620. The Bertz CT molecular complexity index is 502. The van der Waals surface area contributed by atoms with E-state index < -0.39 is 9.84 Å². The summed E-state index contributed by atoms with van der Waals surface area (Å²) < 4.78 is 22.3. The number of sulfone groups is 1. The molecule has 0 aliphatic carbocycles. The van der Waals surface area contributed by atoms with E-state index in [4.69, 9.17) is 11.6 Å². The molecule has 0 fully saturated rings. The Morgan fingerprint density at radius 1 is 1.25 bits per heavy atom. The van der Waals surface area contributed by atoms with Gasteiger partial charge in [-0.05, 0) is 44.8 Å². The molecule has 0 heterocycles. The van der Waals surface area contributed by atoms with Gasteiger partial charge in [0.25, 0.3) is 0 Å². The van der Waals surface area contributed by atoms with E-state index in [-0.39, 0.29) is 11.8 Å². The zero-order valence-corrected chi connectivity index (χ0v) is 13.8. The molecule has 0 aliphatic heterocycles. The second-order valence-electron chi connectivity index (χ2n) is 5.11. The lowest BCUT2D eigenvalue weighted by Gasteiger charge is -2.21. The number of halogens is 1. The minimum absolute atomic E-state index is 0.203. The average Bonchev–Trinajstić information content (AvgIpc) is 2.38. The van der Waals surface area contributed by atoms with Crippen molar-refractivity contribution in [1.29, 1.82) is 0 Å². The molecule has 0 amide bonds. The molecule has 0 aromatic heterocycles. The monoisotopic (exact) mass is 318 g/mol. The summed E-state index contributed by atoms with van der Waals surface area (Å²) in [6, 6.07) is 8.04. The summed E-state index contributed by atoms with van der Waals surface area (Å²) in [5.74, 6) is 0.203. The highest BCUT2D eigenvalue weighted by atomic mass is 35.5. The Morgan fingerprint density at radius 2 is 1.85 bits per heavy atom. The number of rotatable bonds is 8. The number of benzene rings is 1. The maximum Gasteiger partial charge on any atom is 0.148 e. The molecule has 20 heavy (non-hydrogen) atoms. The zero-order valence-electron chi connectivity index (χ0n) is 12.3. The van der Waals surface area contributed by atoms with E-state index in [0.29, 0.717) is 6.54 Å². The van der Waals surface area contributed by atoms with Crippen LogP contribution >= 0.6 is 11.6 Å². The molecule has 0 aliphatic rings. The highest BCUT2D eigenvalue weighted by Crippen LogP contribution is 2.19. The fourth-order valence-electron chi connectivity index (χ4n) is 1.96. The molecule has 1 rings (SSSR count). The fraction of sp³-hybridized carbons (Fsp3) is 0.571. The number of hydrogen-bond donors (Lipinski definition) is 1. The van der Waals surface area contributed by atoms with Crippen LogP contribution in [0, 0.1) is 0 Å². The highest BCUT2D eigenvalue weighted by Gasteiger charge is 2.11. The molecule has 0 spiro atoms. The maximum absolute atomic E-state index is 11.1. The molecule has 1 unspecified atom stereocenters. The van der Waals surface area contributed by atoms with Crippen LogP contribution in [0.1, 0.15) is 18.0 Å². The van der Waals surface area contributed by atoms with Crippen molar-refractivity contribution in [3.8, 4) is 0 Å². The molecule has 6 heteroatoms. The van der Waals surface area contributed by atoms with Gasteiger partial charge in [-0.1, -0.05) is 23.7 Å². The van der Waals surface area contributed by atoms with Gasteiger partial charge in [0, 0.05) is 23.9 Å². The van der Waals surface area contributed by atoms with Crippen LogP contribution in [0.5, 0.6) is 0 Å². The minimum Gasteiger partial charge on any atom is -0.313 e. The molecule has 0 radical (unpaired) electrons. The largest absolute Gasteiger partial charge is 0.313 e. The first-order valence-corrected chi connectivity index (χ1v) is 9.04. The van der Waals surface area contributed by atoms with Crippen LogP contribution in [0.25, 0.3) is 0 Å². The molecular weight excluding hydrogens is 296 g/mol. The summed E-state index contributed by atoms with van der Waals surface area (Å²) in [7, 11) is 0.978. The summed E-state index contributed by atoms with van der Waals surface area (Å²) in [5, 5.41) is 4.01. The molecule has 1 aromatic carbocycles. The molecule has 0 bridgehead atoms. The molecule has 0 saturated carbocycles. The van der Waals surface area contributed by atoms with Crippen LogP contribution in [-0.2, 0) is 9.84 Å². The molecule has 0 saturated heterocycles. The fourth-order valence-corrected chi connectivity index (χ4v) is 2.73. The summed E-state index contributed by atoms with van der Waals surface area (Å²) in [5.41, 5.74) is 1.19. The van der Waals surface area contributed by atoms with Gasteiger partial charge in [0.15, 0.2) is 0 Å². The van der Waals surface area contributed by atoms with Crippen molar-refractivity contribution in [1.82, 2.24) is 10.2 Å². The third kappa shape index (κ3) is 6.70. The molecule has 1 atom stereocenters. The van der Waals surface area contributed by atoms with E-state index in [1.165, 1.54) is 11.8 Å². The summed E-state index contributed by atoms with van der Waals surface area (Å²) in [6.45, 7) is 1.40.